The molecule has 2 fully saturated rings. The van der Waals surface area contributed by atoms with Crippen molar-refractivity contribution in [2.45, 2.75) is 37.0 Å². The fourth-order valence-electron chi connectivity index (χ4n) is 5.18. The zero-order valence-electron chi connectivity index (χ0n) is 15.2. The number of hydrogen-bond acceptors (Lipinski definition) is 5. The van der Waals surface area contributed by atoms with Crippen molar-refractivity contribution in [1.29, 1.82) is 0 Å². The lowest BCUT2D eigenvalue weighted by Gasteiger charge is -2.35. The van der Waals surface area contributed by atoms with Gasteiger partial charge in [-0.2, -0.15) is 0 Å². The van der Waals surface area contributed by atoms with Crippen molar-refractivity contribution in [3.63, 3.8) is 0 Å². The first-order chi connectivity index (χ1) is 13.1. The van der Waals surface area contributed by atoms with Crippen LogP contribution in [-0.4, -0.2) is 30.3 Å². The topological polar surface area (TPSA) is 67.8 Å². The van der Waals surface area contributed by atoms with E-state index in [9.17, 15) is 9.90 Å². The van der Waals surface area contributed by atoms with Crippen LogP contribution in [0.4, 0.5) is 0 Å². The van der Waals surface area contributed by atoms with Gasteiger partial charge in [0.15, 0.2) is 0 Å². The molecular formula is C22H23NO4. The Kier molecular flexibility index (Phi) is 3.78. The number of carbonyl (C=O) groups is 1. The van der Waals surface area contributed by atoms with Crippen molar-refractivity contribution in [2.75, 3.05) is 7.05 Å². The van der Waals surface area contributed by atoms with Crippen LogP contribution < -0.4 is 10.1 Å². The molecule has 27 heavy (non-hydrogen) atoms. The second kappa shape index (κ2) is 6.08. The van der Waals surface area contributed by atoms with Crippen LogP contribution in [0.15, 0.2) is 48.5 Å². The Morgan fingerprint density at radius 3 is 2.33 bits per heavy atom. The van der Waals surface area contributed by atoms with Crippen LogP contribution in [-0.2, 0) is 15.1 Å². The number of fused-ring (bicyclic) bond motifs is 4. The highest BCUT2D eigenvalue weighted by Crippen LogP contribution is 2.50. The van der Waals surface area contributed by atoms with Gasteiger partial charge < -0.3 is 19.9 Å². The van der Waals surface area contributed by atoms with Crippen molar-refractivity contribution < 1.29 is 19.4 Å². The van der Waals surface area contributed by atoms with E-state index in [1.807, 2.05) is 19.2 Å². The average molecular weight is 365 g/mol. The van der Waals surface area contributed by atoms with E-state index in [-0.39, 0.29) is 6.10 Å². The molecule has 0 saturated heterocycles. The van der Waals surface area contributed by atoms with Gasteiger partial charge in [-0.15, -0.1) is 0 Å². The summed E-state index contributed by atoms with van der Waals surface area (Å²) in [5.74, 6) is 1.05. The van der Waals surface area contributed by atoms with E-state index in [1.165, 1.54) is 0 Å². The van der Waals surface area contributed by atoms with Gasteiger partial charge in [-0.25, -0.2) is 4.79 Å². The quantitative estimate of drug-likeness (QED) is 0.819. The lowest BCUT2D eigenvalue weighted by molar-refractivity contribution is -0.171. The van der Waals surface area contributed by atoms with Crippen LogP contribution in [0.1, 0.15) is 30.4 Å². The molecule has 5 heteroatoms. The first kappa shape index (κ1) is 16.8. The summed E-state index contributed by atoms with van der Waals surface area (Å²) >= 11 is 0. The summed E-state index contributed by atoms with van der Waals surface area (Å²) in [5, 5.41) is 15.0. The van der Waals surface area contributed by atoms with Gasteiger partial charge in [0.25, 0.3) is 0 Å². The van der Waals surface area contributed by atoms with Crippen LogP contribution in [0.5, 0.6) is 11.5 Å². The minimum absolute atomic E-state index is 0.138. The number of carbonyl (C=O) groups excluding carboxylic acids is 1. The third-order valence-corrected chi connectivity index (χ3v) is 6.51. The highest BCUT2D eigenvalue weighted by Gasteiger charge is 2.54. The molecule has 2 aromatic carbocycles. The highest BCUT2D eigenvalue weighted by atomic mass is 16.6. The van der Waals surface area contributed by atoms with Crippen LogP contribution >= 0.6 is 0 Å². The van der Waals surface area contributed by atoms with E-state index in [2.05, 4.69) is 5.32 Å². The van der Waals surface area contributed by atoms with E-state index in [4.69, 9.17) is 9.47 Å². The zero-order chi connectivity index (χ0) is 18.6. The van der Waals surface area contributed by atoms with Gasteiger partial charge in [0.1, 0.15) is 17.6 Å². The summed E-state index contributed by atoms with van der Waals surface area (Å²) in [7, 11) is 1.96. The minimum Gasteiger partial charge on any atom is -0.459 e. The Morgan fingerprint density at radius 2 is 1.74 bits per heavy atom. The van der Waals surface area contributed by atoms with Gasteiger partial charge in [0, 0.05) is 23.1 Å². The molecule has 1 heterocycles. The smallest absolute Gasteiger partial charge is 0.348 e. The van der Waals surface area contributed by atoms with Gasteiger partial charge in [-0.3, -0.25) is 0 Å². The largest absolute Gasteiger partial charge is 0.459 e. The predicted molar refractivity (Wildman–Crippen MR) is 99.5 cm³/mol. The molecule has 0 radical (unpaired) electrons. The van der Waals surface area contributed by atoms with Gasteiger partial charge in [0.2, 0.25) is 5.60 Å². The molecule has 2 bridgehead atoms. The standard InChI is InChI=1S/C22H23NO4/c1-23-17-12-13-10-11-14(17)20(13)27-21(24)22(25)15-6-2-4-8-18(15)26-19-9-5-3-7-16(19)22/h2-9,13-14,17,20,23,25H,10-12H2,1H3/t13-,14+,17+,20-/m1/s1. The van der Waals surface area contributed by atoms with Crippen molar-refractivity contribution >= 4 is 5.97 Å². The van der Waals surface area contributed by atoms with Crippen molar-refractivity contribution in [3.8, 4) is 11.5 Å². The maximum Gasteiger partial charge on any atom is 0.348 e. The molecule has 2 aromatic rings. The Morgan fingerprint density at radius 1 is 1.11 bits per heavy atom. The zero-order valence-corrected chi connectivity index (χ0v) is 15.2. The molecule has 1 aliphatic heterocycles. The van der Waals surface area contributed by atoms with E-state index in [0.29, 0.717) is 40.5 Å². The summed E-state index contributed by atoms with van der Waals surface area (Å²) in [6, 6.07) is 14.6. The lowest BCUT2D eigenvalue weighted by Crippen LogP contribution is -2.43. The second-order valence-electron chi connectivity index (χ2n) is 7.81. The van der Waals surface area contributed by atoms with Crippen LogP contribution in [0.25, 0.3) is 0 Å². The number of rotatable bonds is 3. The summed E-state index contributed by atoms with van der Waals surface area (Å²) in [5.41, 5.74) is -0.990. The number of para-hydroxylation sites is 2. The Labute approximate surface area is 158 Å². The molecule has 5 nitrogen and oxygen atoms in total. The highest BCUT2D eigenvalue weighted by molar-refractivity contribution is 5.88. The van der Waals surface area contributed by atoms with Crippen molar-refractivity contribution in [3.05, 3.63) is 59.7 Å². The number of esters is 1. The van der Waals surface area contributed by atoms with Gasteiger partial charge in [-0.1, -0.05) is 36.4 Å². The van der Waals surface area contributed by atoms with Crippen molar-refractivity contribution in [2.24, 2.45) is 11.8 Å². The lowest BCUT2D eigenvalue weighted by atomic mass is 9.83. The number of hydrogen-bond donors (Lipinski definition) is 2. The first-order valence-corrected chi connectivity index (χ1v) is 9.60. The van der Waals surface area contributed by atoms with E-state index in [1.54, 1.807) is 36.4 Å². The van der Waals surface area contributed by atoms with Gasteiger partial charge in [-0.05, 0) is 44.4 Å². The molecule has 2 aliphatic carbocycles. The molecule has 0 amide bonds. The molecule has 2 N–H and O–H groups in total. The number of aliphatic hydroxyl groups is 1. The molecular weight excluding hydrogens is 342 g/mol. The Hall–Kier alpha value is -2.37. The molecule has 0 spiro atoms. The molecule has 0 aromatic heterocycles. The monoisotopic (exact) mass is 365 g/mol. The van der Waals surface area contributed by atoms with Gasteiger partial charge in [0.05, 0.1) is 0 Å². The van der Waals surface area contributed by atoms with E-state index in [0.717, 1.165) is 19.3 Å². The number of nitrogens with one attached hydrogen (secondary N) is 1. The van der Waals surface area contributed by atoms with E-state index >= 15 is 0 Å². The SMILES string of the molecule is CN[C@H]1C[C@H]2CC[C@@H]1[C@@H]2OC(=O)C1(O)c2ccccc2Oc2ccccc21. The van der Waals surface area contributed by atoms with Crippen LogP contribution in [0.2, 0.25) is 0 Å². The average Bonchev–Trinajstić information content (AvgIpc) is 3.24. The normalized spacial score (nSPS) is 29.6. The van der Waals surface area contributed by atoms with Crippen molar-refractivity contribution in [1.82, 2.24) is 5.32 Å². The third-order valence-electron chi connectivity index (χ3n) is 6.51. The van der Waals surface area contributed by atoms with Crippen LogP contribution in [0.3, 0.4) is 0 Å². The second-order valence-corrected chi connectivity index (χ2v) is 7.81. The molecule has 4 atom stereocenters. The number of ether oxygens (including phenoxy) is 2. The predicted octanol–water partition coefficient (Wildman–Crippen LogP) is 2.96. The minimum atomic E-state index is -1.86. The molecule has 140 valence electrons. The third kappa shape index (κ3) is 2.35. The summed E-state index contributed by atoms with van der Waals surface area (Å²) < 4.78 is 11.9. The van der Waals surface area contributed by atoms with Gasteiger partial charge >= 0.3 is 5.97 Å². The molecule has 2 saturated carbocycles. The number of benzene rings is 2. The first-order valence-electron chi connectivity index (χ1n) is 9.60. The fourth-order valence-corrected chi connectivity index (χ4v) is 5.18. The maximum absolute atomic E-state index is 13.4. The molecule has 0 unspecified atom stereocenters. The Balaban J connectivity index is 1.53. The Bertz CT molecular complexity index is 850. The summed E-state index contributed by atoms with van der Waals surface area (Å²) in [6.07, 6.45) is 3.02. The summed E-state index contributed by atoms with van der Waals surface area (Å²) in [6.45, 7) is 0. The molecule has 3 aliphatic rings. The summed E-state index contributed by atoms with van der Waals surface area (Å²) in [4.78, 5) is 13.4. The fraction of sp³-hybridized carbons (Fsp3) is 0.409. The van der Waals surface area contributed by atoms with Crippen LogP contribution in [0, 0.1) is 11.8 Å². The maximum atomic E-state index is 13.4. The molecule has 5 rings (SSSR count). The van der Waals surface area contributed by atoms with E-state index < -0.39 is 11.6 Å².